The van der Waals surface area contributed by atoms with Gasteiger partial charge in [0.05, 0.1) is 31.8 Å². The Morgan fingerprint density at radius 1 is 1.11 bits per heavy atom. The molecule has 2 heterocycles. The molecule has 1 saturated carbocycles. The minimum atomic E-state index is -0.430. The minimum absolute atomic E-state index is 0.247. The van der Waals surface area contributed by atoms with E-state index in [2.05, 4.69) is 5.32 Å². The van der Waals surface area contributed by atoms with Crippen LogP contribution in [0, 0.1) is 0 Å². The SMILES string of the molecule is O=C(N1CCOC2(CNCCOC2)C1)C1(c2ccc(Cl)cc2)CCCCC1. The molecule has 1 aromatic carbocycles. The molecule has 0 aromatic heterocycles. The molecule has 1 aromatic rings. The van der Waals surface area contributed by atoms with Gasteiger partial charge in [-0.1, -0.05) is 43.0 Å². The number of nitrogens with one attached hydrogen (secondary N) is 1. The summed E-state index contributed by atoms with van der Waals surface area (Å²) in [4.78, 5) is 15.9. The smallest absolute Gasteiger partial charge is 0.233 e. The monoisotopic (exact) mass is 392 g/mol. The van der Waals surface area contributed by atoms with Crippen molar-refractivity contribution in [2.24, 2.45) is 0 Å². The average Bonchev–Trinajstić information content (AvgIpc) is 2.94. The van der Waals surface area contributed by atoms with Gasteiger partial charge in [0, 0.05) is 24.7 Å². The fraction of sp³-hybridized carbons (Fsp3) is 0.667. The van der Waals surface area contributed by atoms with Gasteiger partial charge < -0.3 is 19.7 Å². The zero-order valence-electron chi connectivity index (χ0n) is 15.8. The molecule has 1 aliphatic carbocycles. The Labute approximate surface area is 166 Å². The third-order valence-corrected chi connectivity index (χ3v) is 6.54. The summed E-state index contributed by atoms with van der Waals surface area (Å²) in [5, 5.41) is 4.10. The quantitative estimate of drug-likeness (QED) is 0.840. The van der Waals surface area contributed by atoms with Crippen molar-refractivity contribution in [3.8, 4) is 0 Å². The van der Waals surface area contributed by atoms with Gasteiger partial charge in [-0.2, -0.15) is 0 Å². The van der Waals surface area contributed by atoms with Crippen molar-refractivity contribution in [1.29, 1.82) is 0 Å². The first-order chi connectivity index (χ1) is 13.1. The van der Waals surface area contributed by atoms with Crippen LogP contribution < -0.4 is 5.32 Å². The van der Waals surface area contributed by atoms with Gasteiger partial charge in [-0.3, -0.25) is 4.79 Å². The molecular formula is C21H29ClN2O3. The first kappa shape index (κ1) is 19.2. The van der Waals surface area contributed by atoms with Crippen molar-refractivity contribution < 1.29 is 14.3 Å². The van der Waals surface area contributed by atoms with Crippen molar-refractivity contribution in [2.75, 3.05) is 46.0 Å². The van der Waals surface area contributed by atoms with E-state index in [1.807, 2.05) is 29.2 Å². The summed E-state index contributed by atoms with van der Waals surface area (Å²) in [6.07, 6.45) is 5.20. The van der Waals surface area contributed by atoms with Crippen molar-refractivity contribution >= 4 is 17.5 Å². The highest BCUT2D eigenvalue weighted by atomic mass is 35.5. The molecule has 3 fully saturated rings. The van der Waals surface area contributed by atoms with Crippen molar-refractivity contribution in [1.82, 2.24) is 10.2 Å². The van der Waals surface area contributed by atoms with E-state index in [0.29, 0.717) is 37.9 Å². The molecule has 2 saturated heterocycles. The van der Waals surface area contributed by atoms with Gasteiger partial charge in [-0.15, -0.1) is 0 Å². The lowest BCUT2D eigenvalue weighted by atomic mass is 9.68. The molecule has 2 aliphatic heterocycles. The molecule has 0 radical (unpaired) electrons. The molecule has 6 heteroatoms. The zero-order chi connectivity index (χ0) is 18.7. The first-order valence-corrected chi connectivity index (χ1v) is 10.5. The maximum atomic E-state index is 13.8. The number of hydrogen-bond donors (Lipinski definition) is 1. The number of carbonyl (C=O) groups is 1. The molecule has 4 rings (SSSR count). The third-order valence-electron chi connectivity index (χ3n) is 6.28. The van der Waals surface area contributed by atoms with Crippen LogP contribution >= 0.6 is 11.6 Å². The second-order valence-corrected chi connectivity index (χ2v) is 8.57. The summed E-state index contributed by atoms with van der Waals surface area (Å²) in [5.74, 6) is 0.247. The lowest BCUT2D eigenvalue weighted by molar-refractivity contribution is -0.164. The largest absolute Gasteiger partial charge is 0.377 e. The summed E-state index contributed by atoms with van der Waals surface area (Å²) in [7, 11) is 0. The van der Waals surface area contributed by atoms with E-state index in [1.54, 1.807) is 0 Å². The highest BCUT2D eigenvalue weighted by Crippen LogP contribution is 2.42. The summed E-state index contributed by atoms with van der Waals surface area (Å²) >= 11 is 6.10. The van der Waals surface area contributed by atoms with Crippen LogP contribution in [-0.2, 0) is 19.7 Å². The van der Waals surface area contributed by atoms with Crippen LogP contribution in [0.4, 0.5) is 0 Å². The number of morpholine rings is 1. The van der Waals surface area contributed by atoms with Crippen LogP contribution in [0.15, 0.2) is 24.3 Å². The lowest BCUT2D eigenvalue weighted by Crippen LogP contribution is -2.62. The number of benzene rings is 1. The Hall–Kier alpha value is -1.14. The number of rotatable bonds is 2. The number of halogens is 1. The number of amides is 1. The maximum absolute atomic E-state index is 13.8. The highest BCUT2D eigenvalue weighted by molar-refractivity contribution is 6.30. The van der Waals surface area contributed by atoms with E-state index in [1.165, 1.54) is 6.42 Å². The third kappa shape index (κ3) is 3.88. The van der Waals surface area contributed by atoms with E-state index in [-0.39, 0.29) is 5.91 Å². The predicted octanol–water partition coefficient (Wildman–Crippen LogP) is 2.76. The number of nitrogens with zero attached hydrogens (tertiary/aromatic N) is 1. The van der Waals surface area contributed by atoms with Crippen molar-refractivity contribution in [2.45, 2.75) is 43.1 Å². The average molecular weight is 393 g/mol. The van der Waals surface area contributed by atoms with E-state index in [9.17, 15) is 4.79 Å². The lowest BCUT2D eigenvalue weighted by Gasteiger charge is -2.46. The summed E-state index contributed by atoms with van der Waals surface area (Å²) < 4.78 is 11.9. The van der Waals surface area contributed by atoms with Gasteiger partial charge in [0.15, 0.2) is 0 Å². The molecule has 1 atom stereocenters. The van der Waals surface area contributed by atoms with Gasteiger partial charge in [0.2, 0.25) is 5.91 Å². The van der Waals surface area contributed by atoms with E-state index >= 15 is 0 Å². The van der Waals surface area contributed by atoms with Gasteiger partial charge >= 0.3 is 0 Å². The molecule has 0 bridgehead atoms. The van der Waals surface area contributed by atoms with E-state index in [0.717, 1.165) is 44.3 Å². The molecule has 27 heavy (non-hydrogen) atoms. The molecule has 148 valence electrons. The normalized spacial score (nSPS) is 28.7. The zero-order valence-corrected chi connectivity index (χ0v) is 16.6. The second kappa shape index (κ2) is 8.08. The predicted molar refractivity (Wildman–Crippen MR) is 105 cm³/mol. The minimum Gasteiger partial charge on any atom is -0.377 e. The van der Waals surface area contributed by atoms with Crippen LogP contribution in [0.1, 0.15) is 37.7 Å². The Balaban J connectivity index is 1.60. The molecule has 1 amide bonds. The number of ether oxygens (including phenoxy) is 2. The molecule has 1 unspecified atom stereocenters. The topological polar surface area (TPSA) is 50.8 Å². The Morgan fingerprint density at radius 3 is 2.67 bits per heavy atom. The molecule has 1 N–H and O–H groups in total. The second-order valence-electron chi connectivity index (χ2n) is 8.14. The highest BCUT2D eigenvalue weighted by Gasteiger charge is 2.47. The van der Waals surface area contributed by atoms with Gasteiger partial charge in [0.25, 0.3) is 0 Å². The number of carbonyl (C=O) groups excluding carboxylic acids is 1. The summed E-state index contributed by atoms with van der Waals surface area (Å²) in [5.41, 5.74) is 0.244. The van der Waals surface area contributed by atoms with Gasteiger partial charge in [-0.25, -0.2) is 0 Å². The maximum Gasteiger partial charge on any atom is 0.233 e. The van der Waals surface area contributed by atoms with Crippen molar-refractivity contribution in [3.05, 3.63) is 34.9 Å². The molecule has 3 aliphatic rings. The standard InChI is InChI=1S/C21H29ClN2O3/c22-18-6-4-17(5-7-18)21(8-2-1-3-9-21)19(25)24-11-13-27-20(15-24)14-23-10-12-26-16-20/h4-7,23H,1-3,8-16H2. The molecule has 1 spiro atoms. The number of hydrogen-bond acceptors (Lipinski definition) is 4. The summed E-state index contributed by atoms with van der Waals surface area (Å²) in [6, 6.07) is 7.89. The Bertz CT molecular complexity index is 650. The fourth-order valence-corrected chi connectivity index (χ4v) is 4.96. The van der Waals surface area contributed by atoms with Crippen LogP contribution in [0.3, 0.4) is 0 Å². The Morgan fingerprint density at radius 2 is 1.89 bits per heavy atom. The van der Waals surface area contributed by atoms with Crippen molar-refractivity contribution in [3.63, 3.8) is 0 Å². The van der Waals surface area contributed by atoms with Gasteiger partial charge in [-0.05, 0) is 30.5 Å². The van der Waals surface area contributed by atoms with E-state index < -0.39 is 11.0 Å². The van der Waals surface area contributed by atoms with Gasteiger partial charge in [0.1, 0.15) is 5.60 Å². The van der Waals surface area contributed by atoms with Crippen LogP contribution in [0.2, 0.25) is 5.02 Å². The van der Waals surface area contributed by atoms with E-state index in [4.69, 9.17) is 21.1 Å². The molecule has 5 nitrogen and oxygen atoms in total. The van der Waals surface area contributed by atoms with Crippen LogP contribution in [0.25, 0.3) is 0 Å². The Kier molecular flexibility index (Phi) is 5.74. The van der Waals surface area contributed by atoms with Crippen LogP contribution in [-0.4, -0.2) is 62.4 Å². The molecular weight excluding hydrogens is 364 g/mol. The summed E-state index contributed by atoms with van der Waals surface area (Å²) in [6.45, 7) is 4.58. The fourth-order valence-electron chi connectivity index (χ4n) is 4.84. The first-order valence-electron chi connectivity index (χ1n) is 10.1. The van der Waals surface area contributed by atoms with Crippen LogP contribution in [0.5, 0.6) is 0 Å².